The van der Waals surface area contributed by atoms with Crippen molar-refractivity contribution in [1.29, 1.82) is 5.26 Å². The number of pyridine rings is 1. The number of hydrogen-bond donors (Lipinski definition) is 1. The lowest BCUT2D eigenvalue weighted by atomic mass is 9.98. The highest BCUT2D eigenvalue weighted by atomic mass is 35.5. The van der Waals surface area contributed by atoms with Crippen molar-refractivity contribution in [3.63, 3.8) is 0 Å². The smallest absolute Gasteiger partial charge is 0.219 e. The highest BCUT2D eigenvalue weighted by Crippen LogP contribution is 2.29. The molecule has 7 heteroatoms. The average molecular weight is 392 g/mol. The third kappa shape index (κ3) is 5.33. The molecule has 1 amide bonds. The second kappa shape index (κ2) is 9.91. The maximum Gasteiger partial charge on any atom is 0.219 e. The van der Waals surface area contributed by atoms with Crippen LogP contribution in [0.4, 0.5) is 5.82 Å². The summed E-state index contributed by atoms with van der Waals surface area (Å²) in [6.07, 6.45) is 6.15. The normalized spacial score (nSPS) is 23.5. The molecule has 148 valence electrons. The van der Waals surface area contributed by atoms with Gasteiger partial charge in [-0.3, -0.25) is 9.69 Å². The van der Waals surface area contributed by atoms with Crippen molar-refractivity contribution in [2.24, 2.45) is 5.92 Å². The number of likely N-dealkylation sites (tertiary alicyclic amines) is 2. The Hall–Kier alpha value is -1.84. The Kier molecular flexibility index (Phi) is 7.88. The van der Waals surface area contributed by atoms with Gasteiger partial charge in [-0.15, -0.1) is 12.4 Å². The molecule has 0 saturated carbocycles. The van der Waals surface area contributed by atoms with Gasteiger partial charge in [-0.25, -0.2) is 4.98 Å². The van der Waals surface area contributed by atoms with Crippen LogP contribution in [0.2, 0.25) is 0 Å². The minimum absolute atomic E-state index is 0. The Morgan fingerprint density at radius 3 is 2.63 bits per heavy atom. The van der Waals surface area contributed by atoms with Crippen molar-refractivity contribution in [2.45, 2.75) is 51.6 Å². The van der Waals surface area contributed by atoms with Gasteiger partial charge in [0, 0.05) is 51.4 Å². The molecule has 0 spiro atoms. The first-order valence-electron chi connectivity index (χ1n) is 9.73. The van der Waals surface area contributed by atoms with Crippen LogP contribution in [0.3, 0.4) is 0 Å². The molecule has 27 heavy (non-hydrogen) atoms. The Morgan fingerprint density at radius 1 is 1.33 bits per heavy atom. The van der Waals surface area contributed by atoms with E-state index in [2.05, 4.69) is 28.2 Å². The molecule has 2 saturated heterocycles. The average Bonchev–Trinajstić information content (AvgIpc) is 3.05. The number of nitrogens with zero attached hydrogens (tertiary/aromatic N) is 4. The van der Waals surface area contributed by atoms with E-state index in [1.54, 1.807) is 13.1 Å². The van der Waals surface area contributed by atoms with E-state index in [4.69, 9.17) is 5.26 Å². The molecular formula is C20H30ClN5O. The first kappa shape index (κ1) is 21.5. The summed E-state index contributed by atoms with van der Waals surface area (Å²) < 4.78 is 0. The highest BCUT2D eigenvalue weighted by molar-refractivity contribution is 5.85. The van der Waals surface area contributed by atoms with Crippen molar-refractivity contribution in [1.82, 2.24) is 14.8 Å². The Bertz CT molecular complexity index is 651. The lowest BCUT2D eigenvalue weighted by Crippen LogP contribution is -2.46. The summed E-state index contributed by atoms with van der Waals surface area (Å²) in [5, 5.41) is 12.5. The molecule has 0 aromatic carbocycles. The molecule has 0 unspecified atom stereocenters. The Labute approximate surface area is 168 Å². The molecule has 0 radical (unpaired) electrons. The zero-order valence-corrected chi connectivity index (χ0v) is 17.0. The van der Waals surface area contributed by atoms with Crippen molar-refractivity contribution >= 4 is 24.1 Å². The molecule has 0 aliphatic carbocycles. The Morgan fingerprint density at radius 2 is 2.07 bits per heavy atom. The lowest BCUT2D eigenvalue weighted by molar-refractivity contribution is -0.130. The second-order valence-corrected chi connectivity index (χ2v) is 7.53. The van der Waals surface area contributed by atoms with E-state index in [0.717, 1.165) is 44.8 Å². The summed E-state index contributed by atoms with van der Waals surface area (Å²) in [7, 11) is 0. The Balaban J connectivity index is 0.00000261. The molecule has 2 atom stereocenters. The third-order valence-corrected chi connectivity index (χ3v) is 5.78. The van der Waals surface area contributed by atoms with Crippen LogP contribution >= 0.6 is 12.4 Å². The molecule has 2 aliphatic rings. The van der Waals surface area contributed by atoms with Gasteiger partial charge in [0.15, 0.2) is 0 Å². The number of halogens is 1. The number of amides is 1. The van der Waals surface area contributed by atoms with E-state index in [0.29, 0.717) is 23.6 Å². The maximum atomic E-state index is 11.5. The molecule has 0 bridgehead atoms. The fraction of sp³-hybridized carbons (Fsp3) is 0.650. The number of aromatic nitrogens is 1. The van der Waals surface area contributed by atoms with E-state index < -0.39 is 0 Å². The van der Waals surface area contributed by atoms with Gasteiger partial charge >= 0.3 is 0 Å². The minimum atomic E-state index is 0. The van der Waals surface area contributed by atoms with Crippen molar-refractivity contribution in [2.75, 3.05) is 31.5 Å². The molecule has 1 aromatic rings. The highest BCUT2D eigenvalue weighted by Gasteiger charge is 2.37. The zero-order chi connectivity index (χ0) is 18.5. The monoisotopic (exact) mass is 391 g/mol. The van der Waals surface area contributed by atoms with Gasteiger partial charge < -0.3 is 10.2 Å². The number of carbonyl (C=O) groups is 1. The van der Waals surface area contributed by atoms with Crippen LogP contribution in [0.5, 0.6) is 0 Å². The van der Waals surface area contributed by atoms with Gasteiger partial charge in [0.25, 0.3) is 0 Å². The number of hydrogen-bond acceptors (Lipinski definition) is 5. The van der Waals surface area contributed by atoms with Crippen molar-refractivity contribution in [3.8, 4) is 6.07 Å². The van der Waals surface area contributed by atoms with Crippen LogP contribution in [0.25, 0.3) is 0 Å². The predicted molar refractivity (Wildman–Crippen MR) is 109 cm³/mol. The van der Waals surface area contributed by atoms with Crippen LogP contribution < -0.4 is 5.32 Å². The predicted octanol–water partition coefficient (Wildman–Crippen LogP) is 2.90. The molecule has 1 N–H and O–H groups in total. The molecule has 6 nitrogen and oxygen atoms in total. The molecule has 3 rings (SSSR count). The number of piperidine rings is 1. The van der Waals surface area contributed by atoms with E-state index in [1.165, 1.54) is 12.8 Å². The van der Waals surface area contributed by atoms with Crippen LogP contribution in [-0.4, -0.2) is 59.0 Å². The summed E-state index contributed by atoms with van der Waals surface area (Å²) in [5.74, 6) is 1.66. The maximum absolute atomic E-state index is 11.5. The number of carbonyl (C=O) groups excluding carboxylic acids is 1. The molecule has 2 fully saturated rings. The van der Waals surface area contributed by atoms with Gasteiger partial charge in [-0.2, -0.15) is 5.26 Å². The number of nitriles is 1. The number of rotatable bonds is 5. The van der Waals surface area contributed by atoms with E-state index >= 15 is 0 Å². The second-order valence-electron chi connectivity index (χ2n) is 7.53. The van der Waals surface area contributed by atoms with E-state index in [1.807, 2.05) is 17.0 Å². The quantitative estimate of drug-likeness (QED) is 0.835. The first-order chi connectivity index (χ1) is 12.6. The van der Waals surface area contributed by atoms with Gasteiger partial charge in [0.2, 0.25) is 5.91 Å². The fourth-order valence-corrected chi connectivity index (χ4v) is 4.31. The number of nitrogens with one attached hydrogen (secondary N) is 1. The summed E-state index contributed by atoms with van der Waals surface area (Å²) in [5.41, 5.74) is 0.589. The molecule has 2 aliphatic heterocycles. The largest absolute Gasteiger partial charge is 0.366 e. The standard InChI is InChI=1S/C20H29N5O.ClH/c1-3-4-17-13-25(18-7-9-24(10-8-18)15(2)26)14-19(17)23-20-6-5-16(11-21)12-22-20;/h5-6,12,17-19H,3-4,7-10,13-14H2,1-2H3,(H,22,23);1H/t17-,19-;/m0./s1. The number of anilines is 1. The van der Waals surface area contributed by atoms with E-state index in [-0.39, 0.29) is 18.3 Å². The van der Waals surface area contributed by atoms with Gasteiger partial charge in [-0.05, 0) is 37.3 Å². The fourth-order valence-electron chi connectivity index (χ4n) is 4.31. The van der Waals surface area contributed by atoms with Crippen LogP contribution in [-0.2, 0) is 4.79 Å². The van der Waals surface area contributed by atoms with Crippen LogP contribution in [0.15, 0.2) is 18.3 Å². The lowest BCUT2D eigenvalue weighted by Gasteiger charge is -2.36. The van der Waals surface area contributed by atoms with E-state index in [9.17, 15) is 4.79 Å². The SMILES string of the molecule is CCC[C@H]1CN(C2CCN(C(C)=O)CC2)C[C@@H]1Nc1ccc(C#N)cn1.Cl. The first-order valence-corrected chi connectivity index (χ1v) is 9.73. The minimum Gasteiger partial charge on any atom is -0.366 e. The van der Waals surface area contributed by atoms with Gasteiger partial charge in [0.1, 0.15) is 11.9 Å². The van der Waals surface area contributed by atoms with Gasteiger partial charge in [-0.1, -0.05) is 13.3 Å². The topological polar surface area (TPSA) is 72.3 Å². The summed E-state index contributed by atoms with van der Waals surface area (Å²) in [6.45, 7) is 7.81. The van der Waals surface area contributed by atoms with Crippen molar-refractivity contribution in [3.05, 3.63) is 23.9 Å². The molecule has 1 aromatic heterocycles. The summed E-state index contributed by atoms with van der Waals surface area (Å²) in [6, 6.07) is 6.79. The summed E-state index contributed by atoms with van der Waals surface area (Å²) >= 11 is 0. The summed E-state index contributed by atoms with van der Waals surface area (Å²) in [4.78, 5) is 20.5. The van der Waals surface area contributed by atoms with Crippen LogP contribution in [0, 0.1) is 17.2 Å². The molecule has 3 heterocycles. The van der Waals surface area contributed by atoms with Crippen LogP contribution in [0.1, 0.15) is 45.1 Å². The third-order valence-electron chi connectivity index (χ3n) is 5.78. The zero-order valence-electron chi connectivity index (χ0n) is 16.2. The van der Waals surface area contributed by atoms with Gasteiger partial charge in [0.05, 0.1) is 5.56 Å². The van der Waals surface area contributed by atoms with Crippen molar-refractivity contribution < 1.29 is 4.79 Å². The molecular weight excluding hydrogens is 362 g/mol.